The molecule has 1 heterocycles. The molecule has 0 spiro atoms. The summed E-state index contributed by atoms with van der Waals surface area (Å²) >= 11 is 0. The molecule has 0 aliphatic carbocycles. The molecule has 4 nitrogen and oxygen atoms in total. The average molecular weight is 388 g/mol. The molecule has 3 aromatic carbocycles. The molecule has 4 aromatic rings. The van der Waals surface area contributed by atoms with Gasteiger partial charge in [-0.15, -0.1) is 0 Å². The maximum atomic E-state index is 13.3. The molecule has 0 radical (unpaired) electrons. The molecule has 1 aromatic heterocycles. The van der Waals surface area contributed by atoms with Crippen molar-refractivity contribution in [3.8, 4) is 0 Å². The summed E-state index contributed by atoms with van der Waals surface area (Å²) < 4.78 is 26.6. The van der Waals surface area contributed by atoms with Crippen molar-refractivity contribution >= 4 is 9.84 Å². The molecule has 0 fully saturated rings. The highest BCUT2D eigenvalue weighted by Crippen LogP contribution is 2.37. The molecule has 0 atom stereocenters. The van der Waals surface area contributed by atoms with Crippen molar-refractivity contribution in [1.82, 2.24) is 9.97 Å². The zero-order chi connectivity index (χ0) is 19.6. The van der Waals surface area contributed by atoms with Crippen molar-refractivity contribution in [2.75, 3.05) is 0 Å². The summed E-state index contributed by atoms with van der Waals surface area (Å²) in [6, 6.07) is 25.4. The second-order valence-electron chi connectivity index (χ2n) is 6.69. The van der Waals surface area contributed by atoms with Gasteiger partial charge in [0.05, 0.1) is 4.90 Å². The van der Waals surface area contributed by atoms with Gasteiger partial charge in [0, 0.05) is 18.3 Å². The second kappa shape index (κ2) is 7.44. The zero-order valence-corrected chi connectivity index (χ0v) is 16.2. The maximum absolute atomic E-state index is 13.3. The van der Waals surface area contributed by atoms with Crippen molar-refractivity contribution in [3.63, 3.8) is 0 Å². The topological polar surface area (TPSA) is 62.8 Å². The molecule has 28 heavy (non-hydrogen) atoms. The van der Waals surface area contributed by atoms with Gasteiger partial charge in [-0.2, -0.15) is 0 Å². The molecule has 140 valence electrons. The highest BCUT2D eigenvalue weighted by atomic mass is 32.2. The first kappa shape index (κ1) is 18.2. The Morgan fingerprint density at radius 3 is 2.00 bits per heavy atom. The Balaban J connectivity index is 1.99. The molecule has 0 bridgehead atoms. The molecular weight excluding hydrogens is 368 g/mol. The summed E-state index contributed by atoms with van der Waals surface area (Å²) in [4.78, 5) is 7.00. The van der Waals surface area contributed by atoms with Crippen LogP contribution in [0.25, 0.3) is 0 Å². The van der Waals surface area contributed by atoms with Crippen LogP contribution in [0, 0.1) is 6.92 Å². The maximum Gasteiger partial charge on any atom is 0.240 e. The van der Waals surface area contributed by atoms with Gasteiger partial charge in [0.2, 0.25) is 15.0 Å². The van der Waals surface area contributed by atoms with E-state index in [-0.39, 0.29) is 16.0 Å². The number of sulfone groups is 1. The van der Waals surface area contributed by atoms with Crippen molar-refractivity contribution in [1.29, 1.82) is 0 Å². The zero-order valence-electron chi connectivity index (χ0n) is 15.4. The summed E-state index contributed by atoms with van der Waals surface area (Å²) in [5.41, 5.74) is 3.82. The lowest BCUT2D eigenvalue weighted by Crippen LogP contribution is -2.12. The molecule has 0 unspecified atom stereocenters. The number of aromatic nitrogens is 2. The first-order chi connectivity index (χ1) is 13.6. The van der Waals surface area contributed by atoms with Crippen LogP contribution in [-0.4, -0.2) is 18.4 Å². The highest BCUT2D eigenvalue weighted by molar-refractivity contribution is 7.91. The number of rotatable bonds is 5. The molecule has 0 aliphatic heterocycles. The van der Waals surface area contributed by atoms with Crippen molar-refractivity contribution < 1.29 is 8.42 Å². The Bertz CT molecular complexity index is 1130. The van der Waals surface area contributed by atoms with Gasteiger partial charge >= 0.3 is 0 Å². The first-order valence-corrected chi connectivity index (χ1v) is 10.5. The number of hydrogen-bond acceptors (Lipinski definition) is 3. The van der Waals surface area contributed by atoms with E-state index < -0.39 is 9.84 Å². The molecule has 1 N–H and O–H groups in total. The van der Waals surface area contributed by atoms with Crippen molar-refractivity contribution in [2.24, 2.45) is 0 Å². The molecular formula is C23H20N2O2S. The van der Waals surface area contributed by atoms with Gasteiger partial charge in [0.1, 0.15) is 0 Å². The van der Waals surface area contributed by atoms with Gasteiger partial charge < -0.3 is 4.98 Å². The monoisotopic (exact) mass is 388 g/mol. The first-order valence-electron chi connectivity index (χ1n) is 9.02. The van der Waals surface area contributed by atoms with Gasteiger partial charge in [-0.1, -0.05) is 78.4 Å². The minimum Gasteiger partial charge on any atom is -0.335 e. The number of aromatic amines is 1. The fourth-order valence-electron chi connectivity index (χ4n) is 3.48. The number of aryl methyl sites for hydroxylation is 1. The lowest BCUT2D eigenvalue weighted by atomic mass is 9.84. The standard InChI is InChI=1S/C23H20N2O2S/c1-17-12-13-21(28(26,27)23-24-14-15-25-23)20(16-17)22(18-8-4-2-5-9-18)19-10-6-3-7-11-19/h2-16,22H,1H3,(H,24,25). The molecule has 4 rings (SSSR count). The van der Waals surface area contributed by atoms with Crippen LogP contribution in [0.15, 0.2) is 101 Å². The Morgan fingerprint density at radius 1 is 0.857 bits per heavy atom. The summed E-state index contributed by atoms with van der Waals surface area (Å²) in [5.74, 6) is -0.206. The quantitative estimate of drug-likeness (QED) is 0.503. The van der Waals surface area contributed by atoms with Crippen molar-refractivity contribution in [3.05, 3.63) is 114 Å². The third kappa shape index (κ3) is 3.37. The fourth-order valence-corrected chi connectivity index (χ4v) is 4.85. The van der Waals surface area contributed by atoms with E-state index in [2.05, 4.69) is 9.97 Å². The predicted octanol–water partition coefficient (Wildman–Crippen LogP) is 4.73. The van der Waals surface area contributed by atoms with E-state index in [9.17, 15) is 8.42 Å². The summed E-state index contributed by atoms with van der Waals surface area (Å²) in [7, 11) is -3.77. The largest absolute Gasteiger partial charge is 0.335 e. The van der Waals surface area contributed by atoms with Crippen LogP contribution in [0.5, 0.6) is 0 Å². The lowest BCUT2D eigenvalue weighted by Gasteiger charge is -2.22. The number of hydrogen-bond donors (Lipinski definition) is 1. The number of H-pyrrole nitrogens is 1. The fraction of sp³-hybridized carbons (Fsp3) is 0.0870. The second-order valence-corrected chi connectivity index (χ2v) is 8.53. The Morgan fingerprint density at radius 2 is 1.46 bits per heavy atom. The number of benzene rings is 3. The Kier molecular flexibility index (Phi) is 4.84. The normalized spacial score (nSPS) is 11.6. The van der Waals surface area contributed by atoms with E-state index in [1.165, 1.54) is 12.4 Å². The number of nitrogens with one attached hydrogen (secondary N) is 1. The van der Waals surface area contributed by atoms with Gasteiger partial charge in [-0.25, -0.2) is 13.4 Å². The van der Waals surface area contributed by atoms with Gasteiger partial charge in [-0.3, -0.25) is 0 Å². The molecule has 0 amide bonds. The lowest BCUT2D eigenvalue weighted by molar-refractivity contribution is 0.587. The van der Waals surface area contributed by atoms with Crippen molar-refractivity contribution in [2.45, 2.75) is 22.9 Å². The van der Waals surface area contributed by atoms with E-state index in [4.69, 9.17) is 0 Å². The van der Waals surface area contributed by atoms with Crippen LogP contribution >= 0.6 is 0 Å². The molecule has 0 saturated carbocycles. The van der Waals surface area contributed by atoms with Crippen LogP contribution in [-0.2, 0) is 9.84 Å². The third-order valence-electron chi connectivity index (χ3n) is 4.76. The third-order valence-corrected chi connectivity index (χ3v) is 6.44. The number of nitrogens with zero attached hydrogens (tertiary/aromatic N) is 1. The van der Waals surface area contributed by atoms with Gasteiger partial charge in [-0.05, 0) is 29.7 Å². The summed E-state index contributed by atoms with van der Waals surface area (Å²) in [6.45, 7) is 1.97. The van der Waals surface area contributed by atoms with E-state index in [1.807, 2.05) is 79.7 Å². The minimum atomic E-state index is -3.77. The van der Waals surface area contributed by atoms with E-state index >= 15 is 0 Å². The van der Waals surface area contributed by atoms with Gasteiger partial charge in [0.15, 0.2) is 0 Å². The predicted molar refractivity (Wildman–Crippen MR) is 109 cm³/mol. The molecule has 0 aliphatic rings. The van der Waals surface area contributed by atoms with Crippen LogP contribution in [0.1, 0.15) is 28.2 Å². The Labute approximate surface area is 164 Å². The molecule has 5 heteroatoms. The average Bonchev–Trinajstić information content (AvgIpc) is 3.26. The van der Waals surface area contributed by atoms with Crippen LogP contribution < -0.4 is 0 Å². The van der Waals surface area contributed by atoms with E-state index in [0.29, 0.717) is 0 Å². The SMILES string of the molecule is Cc1ccc(S(=O)(=O)c2ncc[nH]2)c(C(c2ccccc2)c2ccccc2)c1. The van der Waals surface area contributed by atoms with E-state index in [1.54, 1.807) is 6.07 Å². The summed E-state index contributed by atoms with van der Waals surface area (Å²) in [5, 5.41) is -0.0440. The van der Waals surface area contributed by atoms with E-state index in [0.717, 1.165) is 22.3 Å². The van der Waals surface area contributed by atoms with Gasteiger partial charge in [0.25, 0.3) is 0 Å². The molecule has 0 saturated heterocycles. The smallest absolute Gasteiger partial charge is 0.240 e. The van der Waals surface area contributed by atoms with Crippen LogP contribution in [0.2, 0.25) is 0 Å². The van der Waals surface area contributed by atoms with Crippen LogP contribution in [0.3, 0.4) is 0 Å². The number of imidazole rings is 1. The highest BCUT2D eigenvalue weighted by Gasteiger charge is 2.28. The summed E-state index contributed by atoms with van der Waals surface area (Å²) in [6.07, 6.45) is 2.97. The minimum absolute atomic E-state index is 0.0440. The Hall–Kier alpha value is -3.18. The van der Waals surface area contributed by atoms with Crippen LogP contribution in [0.4, 0.5) is 0 Å².